The molecular weight excluding hydrogens is 278 g/mol. The summed E-state index contributed by atoms with van der Waals surface area (Å²) in [6.45, 7) is 2.90. The molecule has 1 heterocycles. The zero-order valence-corrected chi connectivity index (χ0v) is 12.6. The standard InChI is InChI=1S/C18H19NO3/c1-2-12-19(13-6-10-15-8-4-3-5-9-15)18(21)17(20)16-11-7-14-22-16/h3-11,14H,2,12-13H2,1H3/b10-6+. The quantitative estimate of drug-likeness (QED) is 0.581. The minimum absolute atomic E-state index is 0.0816. The summed E-state index contributed by atoms with van der Waals surface area (Å²) in [5, 5.41) is 0. The fourth-order valence-electron chi connectivity index (χ4n) is 2.08. The number of ketones is 1. The van der Waals surface area contributed by atoms with Crippen LogP contribution in [0.15, 0.2) is 59.2 Å². The maximum Gasteiger partial charge on any atom is 0.298 e. The summed E-state index contributed by atoms with van der Waals surface area (Å²) in [5.74, 6) is -1.06. The number of carbonyl (C=O) groups excluding carboxylic acids is 2. The van der Waals surface area contributed by atoms with E-state index in [1.807, 2.05) is 49.4 Å². The molecule has 1 amide bonds. The largest absolute Gasteiger partial charge is 0.461 e. The number of hydrogen-bond donors (Lipinski definition) is 0. The van der Waals surface area contributed by atoms with Gasteiger partial charge in [-0.1, -0.05) is 49.4 Å². The van der Waals surface area contributed by atoms with Crippen LogP contribution in [-0.4, -0.2) is 29.7 Å². The molecule has 22 heavy (non-hydrogen) atoms. The van der Waals surface area contributed by atoms with Gasteiger partial charge < -0.3 is 9.32 Å². The number of hydrogen-bond acceptors (Lipinski definition) is 3. The molecule has 0 saturated heterocycles. The van der Waals surface area contributed by atoms with Gasteiger partial charge in [-0.05, 0) is 24.1 Å². The number of rotatable bonds is 7. The van der Waals surface area contributed by atoms with Crippen LogP contribution in [-0.2, 0) is 4.79 Å². The molecule has 0 saturated carbocycles. The molecule has 4 heteroatoms. The summed E-state index contributed by atoms with van der Waals surface area (Å²) in [4.78, 5) is 25.8. The number of Topliss-reactive ketones (excluding diaryl/α,β-unsaturated/α-hetero) is 1. The van der Waals surface area contributed by atoms with Crippen molar-refractivity contribution in [1.29, 1.82) is 0 Å². The Bertz CT molecular complexity index is 630. The van der Waals surface area contributed by atoms with Gasteiger partial charge in [0.15, 0.2) is 5.76 Å². The lowest BCUT2D eigenvalue weighted by Gasteiger charge is -2.18. The van der Waals surface area contributed by atoms with E-state index in [1.54, 1.807) is 6.07 Å². The molecule has 2 rings (SSSR count). The van der Waals surface area contributed by atoms with Gasteiger partial charge in [0.05, 0.1) is 6.26 Å². The Kier molecular flexibility index (Phi) is 5.72. The number of nitrogens with zero attached hydrogens (tertiary/aromatic N) is 1. The predicted molar refractivity (Wildman–Crippen MR) is 85.4 cm³/mol. The summed E-state index contributed by atoms with van der Waals surface area (Å²) >= 11 is 0. The minimum atomic E-state index is -0.605. The smallest absolute Gasteiger partial charge is 0.298 e. The topological polar surface area (TPSA) is 50.5 Å². The van der Waals surface area contributed by atoms with Gasteiger partial charge >= 0.3 is 0 Å². The average molecular weight is 297 g/mol. The molecule has 0 atom stereocenters. The highest BCUT2D eigenvalue weighted by atomic mass is 16.3. The first-order valence-electron chi connectivity index (χ1n) is 7.31. The maximum absolute atomic E-state index is 12.3. The van der Waals surface area contributed by atoms with Crippen molar-refractivity contribution in [3.8, 4) is 0 Å². The summed E-state index contributed by atoms with van der Waals surface area (Å²) in [7, 11) is 0. The zero-order chi connectivity index (χ0) is 15.8. The molecule has 0 spiro atoms. The highest BCUT2D eigenvalue weighted by Crippen LogP contribution is 2.06. The Balaban J connectivity index is 2.01. The second-order valence-corrected chi connectivity index (χ2v) is 4.87. The zero-order valence-electron chi connectivity index (χ0n) is 12.6. The fraction of sp³-hybridized carbons (Fsp3) is 0.222. The highest BCUT2D eigenvalue weighted by molar-refractivity contribution is 6.41. The van der Waals surface area contributed by atoms with Gasteiger partial charge in [-0.3, -0.25) is 9.59 Å². The van der Waals surface area contributed by atoms with Crippen molar-refractivity contribution >= 4 is 17.8 Å². The molecule has 4 nitrogen and oxygen atoms in total. The molecule has 0 fully saturated rings. The Morgan fingerprint density at radius 1 is 1.14 bits per heavy atom. The molecule has 1 aromatic heterocycles. The first-order valence-corrected chi connectivity index (χ1v) is 7.31. The van der Waals surface area contributed by atoms with Gasteiger partial charge in [-0.15, -0.1) is 0 Å². The van der Waals surface area contributed by atoms with Crippen molar-refractivity contribution in [3.63, 3.8) is 0 Å². The number of carbonyl (C=O) groups is 2. The second-order valence-electron chi connectivity index (χ2n) is 4.87. The summed E-state index contributed by atoms with van der Waals surface area (Å²) in [6.07, 6.45) is 6.00. The lowest BCUT2D eigenvalue weighted by Crippen LogP contribution is -2.37. The molecule has 0 bridgehead atoms. The van der Waals surface area contributed by atoms with Gasteiger partial charge in [0.2, 0.25) is 0 Å². The van der Waals surface area contributed by atoms with E-state index in [9.17, 15) is 9.59 Å². The first kappa shape index (κ1) is 15.8. The fourth-order valence-corrected chi connectivity index (χ4v) is 2.08. The van der Waals surface area contributed by atoms with Crippen LogP contribution in [0.1, 0.15) is 29.5 Å². The highest BCUT2D eigenvalue weighted by Gasteiger charge is 2.23. The Hall–Kier alpha value is -2.62. The van der Waals surface area contributed by atoms with Crippen LogP contribution in [0.3, 0.4) is 0 Å². The summed E-state index contributed by atoms with van der Waals surface area (Å²) < 4.78 is 5.00. The van der Waals surface area contributed by atoms with Crippen molar-refractivity contribution in [2.75, 3.05) is 13.1 Å². The number of furan rings is 1. The van der Waals surface area contributed by atoms with Gasteiger partial charge in [0, 0.05) is 13.1 Å². The van der Waals surface area contributed by atoms with E-state index in [4.69, 9.17) is 4.42 Å². The van der Waals surface area contributed by atoms with Crippen molar-refractivity contribution in [2.45, 2.75) is 13.3 Å². The molecule has 0 aliphatic carbocycles. The summed E-state index contributed by atoms with van der Waals surface area (Å²) in [6, 6.07) is 12.9. The van der Waals surface area contributed by atoms with Crippen molar-refractivity contribution in [2.24, 2.45) is 0 Å². The molecule has 0 aliphatic rings. The Morgan fingerprint density at radius 2 is 1.91 bits per heavy atom. The van der Waals surface area contributed by atoms with Crippen LogP contribution in [0, 0.1) is 0 Å². The van der Waals surface area contributed by atoms with E-state index < -0.39 is 11.7 Å². The predicted octanol–water partition coefficient (Wildman–Crippen LogP) is 3.41. The van der Waals surface area contributed by atoms with Crippen molar-refractivity contribution < 1.29 is 14.0 Å². The van der Waals surface area contributed by atoms with Crippen LogP contribution < -0.4 is 0 Å². The third kappa shape index (κ3) is 4.19. The van der Waals surface area contributed by atoms with E-state index in [0.29, 0.717) is 13.1 Å². The van der Waals surface area contributed by atoms with Crippen molar-refractivity contribution in [3.05, 3.63) is 66.1 Å². The first-order chi connectivity index (χ1) is 10.7. The molecule has 114 valence electrons. The SMILES string of the molecule is CCCN(C/C=C/c1ccccc1)C(=O)C(=O)c1ccco1. The Labute approximate surface area is 130 Å². The van der Waals surface area contributed by atoms with Gasteiger partial charge in [0.25, 0.3) is 11.7 Å². The van der Waals surface area contributed by atoms with E-state index in [2.05, 4.69) is 0 Å². The maximum atomic E-state index is 12.3. The number of benzene rings is 1. The molecule has 0 N–H and O–H groups in total. The monoisotopic (exact) mass is 297 g/mol. The van der Waals surface area contributed by atoms with Crippen LogP contribution in [0.2, 0.25) is 0 Å². The second kappa shape index (κ2) is 7.98. The lowest BCUT2D eigenvalue weighted by atomic mass is 10.2. The van der Waals surface area contributed by atoms with Crippen LogP contribution in [0.4, 0.5) is 0 Å². The van der Waals surface area contributed by atoms with Crippen LogP contribution in [0.5, 0.6) is 0 Å². The van der Waals surface area contributed by atoms with Gasteiger partial charge in [-0.2, -0.15) is 0 Å². The normalized spacial score (nSPS) is 10.8. The van der Waals surface area contributed by atoms with E-state index >= 15 is 0 Å². The number of amides is 1. The van der Waals surface area contributed by atoms with E-state index in [1.165, 1.54) is 17.2 Å². The summed E-state index contributed by atoms with van der Waals surface area (Å²) in [5.41, 5.74) is 1.06. The van der Waals surface area contributed by atoms with Crippen LogP contribution >= 0.6 is 0 Å². The molecule has 0 unspecified atom stereocenters. The third-order valence-corrected chi connectivity index (χ3v) is 3.16. The molecule has 2 aromatic rings. The molecular formula is C18H19NO3. The van der Waals surface area contributed by atoms with Crippen molar-refractivity contribution in [1.82, 2.24) is 4.90 Å². The van der Waals surface area contributed by atoms with Gasteiger partial charge in [0.1, 0.15) is 0 Å². The van der Waals surface area contributed by atoms with Crippen LogP contribution in [0.25, 0.3) is 6.08 Å². The lowest BCUT2D eigenvalue weighted by molar-refractivity contribution is -0.126. The molecule has 0 radical (unpaired) electrons. The minimum Gasteiger partial charge on any atom is -0.461 e. The average Bonchev–Trinajstić information content (AvgIpc) is 3.08. The molecule has 1 aromatic carbocycles. The van der Waals surface area contributed by atoms with E-state index in [-0.39, 0.29) is 5.76 Å². The Morgan fingerprint density at radius 3 is 2.55 bits per heavy atom. The van der Waals surface area contributed by atoms with Gasteiger partial charge in [-0.25, -0.2) is 0 Å². The molecule has 0 aliphatic heterocycles. The van der Waals surface area contributed by atoms with E-state index in [0.717, 1.165) is 12.0 Å². The third-order valence-electron chi connectivity index (χ3n) is 3.16.